The highest BCUT2D eigenvalue weighted by Gasteiger charge is 2.36. The lowest BCUT2D eigenvalue weighted by Crippen LogP contribution is -2.40. The molecule has 3 aliphatic rings. The van der Waals surface area contributed by atoms with E-state index in [1.54, 1.807) is 0 Å². The number of likely N-dealkylation sites (tertiary alicyclic amines) is 1. The number of rotatable bonds is 3. The summed E-state index contributed by atoms with van der Waals surface area (Å²) in [4.78, 5) is 2.76. The van der Waals surface area contributed by atoms with Gasteiger partial charge in [-0.2, -0.15) is 0 Å². The first-order valence-electron chi connectivity index (χ1n) is 8.29. The van der Waals surface area contributed by atoms with Crippen LogP contribution in [0.25, 0.3) is 0 Å². The van der Waals surface area contributed by atoms with Gasteiger partial charge in [0.05, 0.1) is 0 Å². The quantitative estimate of drug-likeness (QED) is 0.828. The lowest BCUT2D eigenvalue weighted by molar-refractivity contribution is 0.102. The molecule has 0 bridgehead atoms. The lowest BCUT2D eigenvalue weighted by atomic mass is 9.77. The molecule has 1 N–H and O–H groups in total. The van der Waals surface area contributed by atoms with E-state index in [0.717, 1.165) is 11.3 Å². The van der Waals surface area contributed by atoms with E-state index in [-0.39, 0.29) is 0 Å². The van der Waals surface area contributed by atoms with Crippen molar-refractivity contribution >= 4 is 0 Å². The van der Waals surface area contributed by atoms with E-state index in [2.05, 4.69) is 10.2 Å². The average molecular weight is 250 g/mol. The Hall–Kier alpha value is -0.0800. The fourth-order valence-electron chi connectivity index (χ4n) is 4.41. The summed E-state index contributed by atoms with van der Waals surface area (Å²) >= 11 is 0. The van der Waals surface area contributed by atoms with Crippen molar-refractivity contribution in [2.75, 3.05) is 32.7 Å². The van der Waals surface area contributed by atoms with Gasteiger partial charge in [0.1, 0.15) is 0 Å². The van der Waals surface area contributed by atoms with Crippen molar-refractivity contribution < 1.29 is 0 Å². The first-order valence-corrected chi connectivity index (χ1v) is 8.29. The third kappa shape index (κ3) is 3.08. The van der Waals surface area contributed by atoms with E-state index in [1.807, 2.05) is 0 Å². The monoisotopic (exact) mass is 250 g/mol. The van der Waals surface area contributed by atoms with Gasteiger partial charge in [-0.05, 0) is 89.0 Å². The van der Waals surface area contributed by atoms with Crippen LogP contribution in [0.1, 0.15) is 57.8 Å². The highest BCUT2D eigenvalue weighted by atomic mass is 15.1. The van der Waals surface area contributed by atoms with Crippen LogP contribution in [0, 0.1) is 11.3 Å². The topological polar surface area (TPSA) is 15.3 Å². The van der Waals surface area contributed by atoms with Crippen LogP contribution in [0.15, 0.2) is 0 Å². The van der Waals surface area contributed by atoms with E-state index >= 15 is 0 Å². The summed E-state index contributed by atoms with van der Waals surface area (Å²) in [6, 6.07) is 0. The van der Waals surface area contributed by atoms with Crippen molar-refractivity contribution in [2.24, 2.45) is 11.3 Å². The fraction of sp³-hybridized carbons (Fsp3) is 1.00. The van der Waals surface area contributed by atoms with Crippen molar-refractivity contribution in [1.82, 2.24) is 10.2 Å². The van der Waals surface area contributed by atoms with Crippen LogP contribution in [0.2, 0.25) is 0 Å². The molecule has 0 amide bonds. The van der Waals surface area contributed by atoms with Crippen LogP contribution in [0.4, 0.5) is 0 Å². The third-order valence-corrected chi connectivity index (χ3v) is 5.89. The Morgan fingerprint density at radius 3 is 2.28 bits per heavy atom. The molecule has 1 spiro atoms. The van der Waals surface area contributed by atoms with Crippen LogP contribution < -0.4 is 5.32 Å². The van der Waals surface area contributed by atoms with Crippen LogP contribution >= 0.6 is 0 Å². The van der Waals surface area contributed by atoms with Crippen molar-refractivity contribution in [3.05, 3.63) is 0 Å². The number of hydrogen-bond donors (Lipinski definition) is 1. The summed E-state index contributed by atoms with van der Waals surface area (Å²) in [5.74, 6) is 1.01. The van der Waals surface area contributed by atoms with Crippen molar-refractivity contribution in [3.63, 3.8) is 0 Å². The second kappa shape index (κ2) is 5.92. The molecule has 2 heteroatoms. The molecule has 0 aromatic carbocycles. The Labute approximate surface area is 113 Å². The zero-order valence-electron chi connectivity index (χ0n) is 11.9. The molecule has 0 atom stereocenters. The molecule has 0 radical (unpaired) electrons. The van der Waals surface area contributed by atoms with Gasteiger partial charge in [-0.3, -0.25) is 0 Å². The first-order chi connectivity index (χ1) is 8.86. The summed E-state index contributed by atoms with van der Waals surface area (Å²) in [6.07, 6.45) is 13.4. The zero-order valence-corrected chi connectivity index (χ0v) is 11.9. The van der Waals surface area contributed by atoms with Crippen molar-refractivity contribution in [1.29, 1.82) is 0 Å². The maximum atomic E-state index is 3.47. The highest BCUT2D eigenvalue weighted by molar-refractivity contribution is 4.89. The maximum Gasteiger partial charge on any atom is -0.00134 e. The number of hydrogen-bond acceptors (Lipinski definition) is 2. The molecule has 2 saturated heterocycles. The summed E-state index contributed by atoms with van der Waals surface area (Å²) in [6.45, 7) is 6.68. The van der Waals surface area contributed by atoms with E-state index in [0.29, 0.717) is 0 Å². The molecule has 1 saturated carbocycles. The van der Waals surface area contributed by atoms with Gasteiger partial charge in [-0.1, -0.05) is 12.8 Å². The number of piperidine rings is 2. The Bertz CT molecular complexity index is 242. The summed E-state index contributed by atoms with van der Waals surface area (Å²) < 4.78 is 0. The predicted molar refractivity (Wildman–Crippen MR) is 76.8 cm³/mol. The second-order valence-corrected chi connectivity index (χ2v) is 7.03. The molecular formula is C16H30N2. The van der Waals surface area contributed by atoms with Crippen LogP contribution in [-0.4, -0.2) is 37.6 Å². The minimum absolute atomic E-state index is 0.797. The Balaban J connectivity index is 1.37. The molecule has 3 fully saturated rings. The van der Waals surface area contributed by atoms with E-state index in [1.165, 1.54) is 90.5 Å². The van der Waals surface area contributed by atoms with E-state index in [4.69, 9.17) is 0 Å². The Morgan fingerprint density at radius 2 is 1.61 bits per heavy atom. The second-order valence-electron chi connectivity index (χ2n) is 7.03. The predicted octanol–water partition coefficient (Wildman–Crippen LogP) is 3.03. The highest BCUT2D eigenvalue weighted by Crippen LogP contribution is 2.46. The molecule has 2 aliphatic heterocycles. The van der Waals surface area contributed by atoms with Gasteiger partial charge >= 0.3 is 0 Å². The molecular weight excluding hydrogens is 220 g/mol. The van der Waals surface area contributed by atoms with Gasteiger partial charge in [0.25, 0.3) is 0 Å². The standard InChI is InChI=1S/C16H30N2/c1-2-7-16(6-1)8-13-18(14-9-16)12-5-15-3-10-17-11-4-15/h15,17H,1-14H2. The van der Waals surface area contributed by atoms with Gasteiger partial charge in [-0.25, -0.2) is 0 Å². The molecule has 0 unspecified atom stereocenters. The first kappa shape index (κ1) is 12.9. The minimum Gasteiger partial charge on any atom is -0.317 e. The molecule has 3 rings (SSSR count). The molecule has 2 nitrogen and oxygen atoms in total. The molecule has 0 aromatic rings. The lowest BCUT2D eigenvalue weighted by Gasteiger charge is -2.40. The van der Waals surface area contributed by atoms with Crippen LogP contribution in [-0.2, 0) is 0 Å². The third-order valence-electron chi connectivity index (χ3n) is 5.89. The number of nitrogens with zero attached hydrogens (tertiary/aromatic N) is 1. The minimum atomic E-state index is 0.797. The normalized spacial score (nSPS) is 30.0. The van der Waals surface area contributed by atoms with Crippen LogP contribution in [0.5, 0.6) is 0 Å². The molecule has 0 aromatic heterocycles. The van der Waals surface area contributed by atoms with Gasteiger partial charge in [-0.15, -0.1) is 0 Å². The van der Waals surface area contributed by atoms with Gasteiger partial charge in [0, 0.05) is 0 Å². The van der Waals surface area contributed by atoms with Crippen molar-refractivity contribution in [3.8, 4) is 0 Å². The van der Waals surface area contributed by atoms with Gasteiger partial charge in [0.2, 0.25) is 0 Å². The Morgan fingerprint density at radius 1 is 0.944 bits per heavy atom. The fourth-order valence-corrected chi connectivity index (χ4v) is 4.41. The number of nitrogens with one attached hydrogen (secondary N) is 1. The molecule has 2 heterocycles. The molecule has 18 heavy (non-hydrogen) atoms. The zero-order chi connectivity index (χ0) is 12.3. The smallest absolute Gasteiger partial charge is 0.00134 e. The molecule has 1 aliphatic carbocycles. The molecule has 104 valence electrons. The Kier molecular flexibility index (Phi) is 4.25. The largest absolute Gasteiger partial charge is 0.317 e. The van der Waals surface area contributed by atoms with E-state index in [9.17, 15) is 0 Å². The van der Waals surface area contributed by atoms with Gasteiger partial charge in [0.15, 0.2) is 0 Å². The summed E-state index contributed by atoms with van der Waals surface area (Å²) in [5, 5.41) is 3.47. The maximum absolute atomic E-state index is 3.47. The summed E-state index contributed by atoms with van der Waals surface area (Å²) in [7, 11) is 0. The SMILES string of the molecule is C1CCC2(C1)CCN(CCC1CCNCC1)CC2. The van der Waals surface area contributed by atoms with E-state index < -0.39 is 0 Å². The average Bonchev–Trinajstić information content (AvgIpc) is 2.88. The van der Waals surface area contributed by atoms with Crippen molar-refractivity contribution in [2.45, 2.75) is 57.8 Å². The van der Waals surface area contributed by atoms with Gasteiger partial charge < -0.3 is 10.2 Å². The summed E-state index contributed by atoms with van der Waals surface area (Å²) in [5.41, 5.74) is 0.797. The van der Waals surface area contributed by atoms with Crippen LogP contribution in [0.3, 0.4) is 0 Å².